The molecule has 0 saturated carbocycles. The van der Waals surface area contributed by atoms with Crippen LogP contribution in [0, 0.1) is 5.92 Å². The van der Waals surface area contributed by atoms with Gasteiger partial charge >= 0.3 is 0 Å². The Morgan fingerprint density at radius 2 is 2.18 bits per heavy atom. The summed E-state index contributed by atoms with van der Waals surface area (Å²) in [5.74, 6) is 0.973. The Hall–Kier alpha value is -0.0800. The van der Waals surface area contributed by atoms with E-state index in [1.54, 1.807) is 0 Å². The van der Waals surface area contributed by atoms with Gasteiger partial charge in [0.25, 0.3) is 0 Å². The van der Waals surface area contributed by atoms with E-state index < -0.39 is 0 Å². The van der Waals surface area contributed by atoms with Gasteiger partial charge in [-0.15, -0.1) is 0 Å². The summed E-state index contributed by atoms with van der Waals surface area (Å²) in [6.07, 6.45) is 2.81. The minimum atomic E-state index is 0.747. The molecule has 0 aromatic rings. The van der Waals surface area contributed by atoms with Gasteiger partial charge in [-0.2, -0.15) is 0 Å². The number of hydrogen-bond donors (Lipinski definition) is 1. The Labute approximate surface area is 69.0 Å². The fourth-order valence-electron chi connectivity index (χ4n) is 2.52. The summed E-state index contributed by atoms with van der Waals surface area (Å²) in [4.78, 5) is 2.47. The van der Waals surface area contributed by atoms with E-state index >= 15 is 0 Å². The van der Waals surface area contributed by atoms with Crippen LogP contribution in [0.4, 0.5) is 0 Å². The monoisotopic (exact) mass is 154 g/mol. The van der Waals surface area contributed by atoms with Crippen molar-refractivity contribution in [3.05, 3.63) is 0 Å². The summed E-state index contributed by atoms with van der Waals surface area (Å²) in [5, 5.41) is 3.60. The van der Waals surface area contributed by atoms with Crippen molar-refractivity contribution in [3.8, 4) is 0 Å². The van der Waals surface area contributed by atoms with Gasteiger partial charge in [-0.1, -0.05) is 0 Å². The lowest BCUT2D eigenvalue weighted by molar-refractivity contribution is 0.132. The average Bonchev–Trinajstić information content (AvgIpc) is 2.45. The lowest BCUT2D eigenvalue weighted by Gasteiger charge is -2.38. The van der Waals surface area contributed by atoms with Crippen molar-refractivity contribution < 1.29 is 0 Å². The highest BCUT2D eigenvalue weighted by Crippen LogP contribution is 2.28. The summed E-state index contributed by atoms with van der Waals surface area (Å²) >= 11 is 0. The van der Waals surface area contributed by atoms with Crippen molar-refractivity contribution in [2.45, 2.75) is 31.8 Å². The maximum absolute atomic E-state index is 3.60. The maximum Gasteiger partial charge on any atom is 0.0249 e. The molecule has 2 saturated heterocycles. The van der Waals surface area contributed by atoms with Crippen LogP contribution >= 0.6 is 0 Å². The van der Waals surface area contributed by atoms with Gasteiger partial charge in [-0.05, 0) is 45.8 Å². The molecule has 2 aliphatic rings. The zero-order valence-corrected chi connectivity index (χ0v) is 7.51. The number of likely N-dealkylation sites (tertiary alicyclic amines) is 1. The van der Waals surface area contributed by atoms with Crippen LogP contribution in [0.3, 0.4) is 0 Å². The molecule has 11 heavy (non-hydrogen) atoms. The molecule has 0 radical (unpaired) electrons. The van der Waals surface area contributed by atoms with Crippen molar-refractivity contribution >= 4 is 0 Å². The highest BCUT2D eigenvalue weighted by molar-refractivity contribution is 4.94. The lowest BCUT2D eigenvalue weighted by atomic mass is 9.88. The molecule has 0 aliphatic carbocycles. The number of nitrogens with zero attached hydrogens (tertiary/aromatic N) is 1. The summed E-state index contributed by atoms with van der Waals surface area (Å²) in [7, 11) is 2.24. The molecule has 0 aromatic heterocycles. The summed E-state index contributed by atoms with van der Waals surface area (Å²) in [6.45, 7) is 4.88. The van der Waals surface area contributed by atoms with Crippen LogP contribution in [0.2, 0.25) is 0 Å². The number of likely N-dealkylation sites (N-methyl/N-ethyl adjacent to an activating group) is 1. The molecule has 64 valence electrons. The van der Waals surface area contributed by atoms with Crippen molar-refractivity contribution in [2.24, 2.45) is 5.92 Å². The third kappa shape index (κ3) is 1.18. The van der Waals surface area contributed by atoms with E-state index in [-0.39, 0.29) is 0 Å². The predicted molar refractivity (Wildman–Crippen MR) is 46.6 cm³/mol. The Kier molecular flexibility index (Phi) is 1.90. The molecule has 3 unspecified atom stereocenters. The number of nitrogens with one attached hydrogen (secondary N) is 1. The molecular weight excluding hydrogens is 136 g/mol. The molecule has 2 nitrogen and oxygen atoms in total. The molecule has 2 aliphatic heterocycles. The fourth-order valence-corrected chi connectivity index (χ4v) is 2.52. The second-order valence-corrected chi connectivity index (χ2v) is 4.04. The molecule has 3 atom stereocenters. The average molecular weight is 154 g/mol. The largest absolute Gasteiger partial charge is 0.312 e. The number of piperidine rings is 1. The first-order chi connectivity index (χ1) is 5.29. The zero-order valence-electron chi connectivity index (χ0n) is 7.51. The molecule has 0 aromatic carbocycles. The van der Waals surface area contributed by atoms with E-state index in [1.165, 1.54) is 25.9 Å². The predicted octanol–water partition coefficient (Wildman–Crippen LogP) is 0.689. The van der Waals surface area contributed by atoms with Gasteiger partial charge in [0.05, 0.1) is 0 Å². The number of hydrogen-bond acceptors (Lipinski definition) is 2. The molecule has 2 heteroatoms. The first kappa shape index (κ1) is 7.56. The molecule has 2 heterocycles. The highest BCUT2D eigenvalue weighted by Gasteiger charge is 2.36. The minimum absolute atomic E-state index is 0.747. The lowest BCUT2D eigenvalue weighted by Crippen LogP contribution is -2.51. The van der Waals surface area contributed by atoms with E-state index in [4.69, 9.17) is 0 Å². The molecule has 2 fully saturated rings. The van der Waals surface area contributed by atoms with Gasteiger partial charge in [0.2, 0.25) is 0 Å². The molecule has 0 bridgehead atoms. The first-order valence-corrected chi connectivity index (χ1v) is 4.72. The number of fused-ring (bicyclic) bond motifs is 1. The molecule has 0 spiro atoms. The fraction of sp³-hybridized carbons (Fsp3) is 1.00. The highest BCUT2D eigenvalue weighted by atomic mass is 15.2. The third-order valence-electron chi connectivity index (χ3n) is 3.47. The van der Waals surface area contributed by atoms with Crippen molar-refractivity contribution in [3.63, 3.8) is 0 Å². The van der Waals surface area contributed by atoms with Crippen molar-refractivity contribution in [1.82, 2.24) is 10.2 Å². The van der Waals surface area contributed by atoms with Crippen LogP contribution in [0.5, 0.6) is 0 Å². The Balaban J connectivity index is 2.06. The van der Waals surface area contributed by atoms with Crippen LogP contribution < -0.4 is 5.32 Å². The molecule has 1 N–H and O–H groups in total. The van der Waals surface area contributed by atoms with Gasteiger partial charge in [0.1, 0.15) is 0 Å². The second-order valence-electron chi connectivity index (χ2n) is 4.04. The first-order valence-electron chi connectivity index (χ1n) is 4.72. The second kappa shape index (κ2) is 2.76. The van der Waals surface area contributed by atoms with Crippen LogP contribution in [-0.4, -0.2) is 37.1 Å². The third-order valence-corrected chi connectivity index (χ3v) is 3.47. The smallest absolute Gasteiger partial charge is 0.0249 e. The van der Waals surface area contributed by atoms with Crippen molar-refractivity contribution in [2.75, 3.05) is 20.1 Å². The summed E-state index contributed by atoms with van der Waals surface area (Å²) < 4.78 is 0. The Bertz CT molecular complexity index is 146. The van der Waals surface area contributed by atoms with Gasteiger partial charge < -0.3 is 10.2 Å². The SMILES string of the molecule is CC1C2NCCC2CCN1C. The van der Waals surface area contributed by atoms with E-state index in [0.717, 1.165) is 18.0 Å². The van der Waals surface area contributed by atoms with Gasteiger partial charge in [-0.25, -0.2) is 0 Å². The Morgan fingerprint density at radius 1 is 1.36 bits per heavy atom. The quantitative estimate of drug-likeness (QED) is 0.552. The van der Waals surface area contributed by atoms with E-state index in [9.17, 15) is 0 Å². The van der Waals surface area contributed by atoms with Gasteiger partial charge in [-0.3, -0.25) is 0 Å². The van der Waals surface area contributed by atoms with Crippen LogP contribution in [0.1, 0.15) is 19.8 Å². The standard InChI is InChI=1S/C9H18N2/c1-7-9-8(3-5-10-9)4-6-11(7)2/h7-10H,3-6H2,1-2H3. The van der Waals surface area contributed by atoms with Crippen LogP contribution in [0.15, 0.2) is 0 Å². The molecule has 2 rings (SSSR count). The van der Waals surface area contributed by atoms with E-state index in [0.29, 0.717) is 0 Å². The van der Waals surface area contributed by atoms with Crippen LogP contribution in [0.25, 0.3) is 0 Å². The normalized spacial score (nSPS) is 45.8. The molecular formula is C9H18N2. The summed E-state index contributed by atoms with van der Waals surface area (Å²) in [6, 6.07) is 1.53. The zero-order chi connectivity index (χ0) is 7.84. The Morgan fingerprint density at radius 3 is 3.00 bits per heavy atom. The van der Waals surface area contributed by atoms with Crippen molar-refractivity contribution in [1.29, 1.82) is 0 Å². The van der Waals surface area contributed by atoms with E-state index in [2.05, 4.69) is 24.2 Å². The maximum atomic E-state index is 3.60. The van der Waals surface area contributed by atoms with Crippen LogP contribution in [-0.2, 0) is 0 Å². The van der Waals surface area contributed by atoms with Gasteiger partial charge in [0, 0.05) is 12.1 Å². The topological polar surface area (TPSA) is 15.3 Å². The molecule has 0 amide bonds. The summed E-state index contributed by atoms with van der Waals surface area (Å²) in [5.41, 5.74) is 0. The van der Waals surface area contributed by atoms with Gasteiger partial charge in [0.15, 0.2) is 0 Å². The minimum Gasteiger partial charge on any atom is -0.312 e. The number of rotatable bonds is 0. The van der Waals surface area contributed by atoms with E-state index in [1.807, 2.05) is 0 Å².